The summed E-state index contributed by atoms with van der Waals surface area (Å²) in [6, 6.07) is 10.2. The summed E-state index contributed by atoms with van der Waals surface area (Å²) in [6.07, 6.45) is 2.23. The van der Waals surface area contributed by atoms with Gasteiger partial charge in [-0.1, -0.05) is 42.9 Å². The molecule has 0 saturated carbocycles. The Morgan fingerprint density at radius 1 is 1.22 bits per heavy atom. The molecule has 0 amide bonds. The number of piperidine rings is 1. The van der Waals surface area contributed by atoms with Crippen molar-refractivity contribution in [1.29, 1.82) is 0 Å². The largest absolute Gasteiger partial charge is 0.493 e. The Labute approximate surface area is 170 Å². The maximum absolute atomic E-state index is 14.1. The van der Waals surface area contributed by atoms with Crippen LogP contribution in [0.2, 0.25) is 5.02 Å². The molecule has 2 aromatic rings. The minimum atomic E-state index is -0.397. The van der Waals surface area contributed by atoms with Crippen molar-refractivity contribution in [2.75, 3.05) is 20.2 Å². The summed E-state index contributed by atoms with van der Waals surface area (Å²) in [7, 11) is 1.58. The number of benzene rings is 2. The van der Waals surface area contributed by atoms with Crippen LogP contribution in [0.15, 0.2) is 36.4 Å². The normalized spacial score (nSPS) is 14.9. The lowest BCUT2D eigenvalue weighted by Crippen LogP contribution is -2.37. The first-order valence-corrected chi connectivity index (χ1v) is 9.81. The molecular weight excluding hydrogens is 385 g/mol. The predicted molar refractivity (Wildman–Crippen MR) is 110 cm³/mol. The van der Waals surface area contributed by atoms with E-state index < -0.39 is 5.82 Å². The average molecular weight is 408 g/mol. The van der Waals surface area contributed by atoms with E-state index in [1.807, 2.05) is 18.2 Å². The fourth-order valence-corrected chi connectivity index (χ4v) is 3.75. The van der Waals surface area contributed by atoms with Gasteiger partial charge in [-0.3, -0.25) is 0 Å². The standard InChI is InChI=1S/C21H23ClFNO2S/c1-14-9-11-24(12-10-14)21(27)15-5-3-8-19(25-2)20(15)26-13-16-17(22)6-4-7-18(16)23/h3-8,14H,9-13H2,1-2H3. The minimum absolute atomic E-state index is 0.00146. The molecule has 0 aliphatic carbocycles. The lowest BCUT2D eigenvalue weighted by atomic mass is 9.98. The monoisotopic (exact) mass is 407 g/mol. The molecule has 0 atom stereocenters. The molecule has 0 bridgehead atoms. The van der Waals surface area contributed by atoms with Crippen LogP contribution in [0.25, 0.3) is 0 Å². The summed E-state index contributed by atoms with van der Waals surface area (Å²) in [5.41, 5.74) is 1.10. The van der Waals surface area contributed by atoms with Crippen molar-refractivity contribution >= 4 is 28.8 Å². The van der Waals surface area contributed by atoms with Crippen LogP contribution in [0, 0.1) is 11.7 Å². The molecule has 1 fully saturated rings. The van der Waals surface area contributed by atoms with Crippen molar-refractivity contribution in [3.05, 3.63) is 58.4 Å². The minimum Gasteiger partial charge on any atom is -0.493 e. The molecule has 2 aromatic carbocycles. The zero-order valence-corrected chi connectivity index (χ0v) is 17.1. The number of nitrogens with zero attached hydrogens (tertiary/aromatic N) is 1. The van der Waals surface area contributed by atoms with Crippen LogP contribution in [-0.2, 0) is 6.61 Å². The van der Waals surface area contributed by atoms with Crippen molar-refractivity contribution in [1.82, 2.24) is 4.90 Å². The molecule has 0 spiro atoms. The van der Waals surface area contributed by atoms with Crippen molar-refractivity contribution < 1.29 is 13.9 Å². The fraction of sp³-hybridized carbons (Fsp3) is 0.381. The van der Waals surface area contributed by atoms with E-state index in [4.69, 9.17) is 33.3 Å². The first-order valence-electron chi connectivity index (χ1n) is 9.03. The highest BCUT2D eigenvalue weighted by Gasteiger charge is 2.23. The number of hydrogen-bond donors (Lipinski definition) is 0. The summed E-state index contributed by atoms with van der Waals surface area (Å²) in [5, 5.41) is 0.332. The van der Waals surface area contributed by atoms with Crippen LogP contribution in [0.5, 0.6) is 11.5 Å². The molecular formula is C21H23ClFNO2S. The molecule has 1 aliphatic heterocycles. The SMILES string of the molecule is COc1cccc(C(=S)N2CCC(C)CC2)c1OCc1c(F)cccc1Cl. The van der Waals surface area contributed by atoms with Gasteiger partial charge in [0.15, 0.2) is 11.5 Å². The summed E-state index contributed by atoms with van der Waals surface area (Å²) < 4.78 is 25.5. The zero-order chi connectivity index (χ0) is 19.4. The molecule has 1 saturated heterocycles. The van der Waals surface area contributed by atoms with E-state index in [9.17, 15) is 4.39 Å². The van der Waals surface area contributed by atoms with Crippen molar-refractivity contribution in [2.45, 2.75) is 26.4 Å². The van der Waals surface area contributed by atoms with Crippen LogP contribution >= 0.6 is 23.8 Å². The van der Waals surface area contributed by atoms with E-state index in [1.165, 1.54) is 6.07 Å². The van der Waals surface area contributed by atoms with Gasteiger partial charge in [0.05, 0.1) is 17.7 Å². The number of methoxy groups -OCH3 is 1. The number of thiocarbonyl (C=S) groups is 1. The molecule has 6 heteroatoms. The Morgan fingerprint density at radius 2 is 1.93 bits per heavy atom. The van der Waals surface area contributed by atoms with E-state index in [-0.39, 0.29) is 6.61 Å². The third-order valence-electron chi connectivity index (χ3n) is 4.92. The van der Waals surface area contributed by atoms with Gasteiger partial charge in [-0.25, -0.2) is 4.39 Å². The molecule has 27 heavy (non-hydrogen) atoms. The number of likely N-dealkylation sites (tertiary alicyclic amines) is 1. The van der Waals surface area contributed by atoms with Gasteiger partial charge >= 0.3 is 0 Å². The van der Waals surface area contributed by atoms with Gasteiger partial charge in [-0.05, 0) is 43.0 Å². The Kier molecular flexibility index (Phi) is 6.55. The topological polar surface area (TPSA) is 21.7 Å². The molecule has 3 nitrogen and oxygen atoms in total. The van der Waals surface area contributed by atoms with Crippen LogP contribution in [-0.4, -0.2) is 30.1 Å². The Bertz CT molecular complexity index is 802. The third kappa shape index (κ3) is 4.53. The molecule has 0 radical (unpaired) electrons. The molecule has 1 heterocycles. The molecule has 0 unspecified atom stereocenters. The molecule has 0 N–H and O–H groups in total. The number of ether oxygens (including phenoxy) is 2. The summed E-state index contributed by atoms with van der Waals surface area (Å²) in [6.45, 7) is 4.11. The van der Waals surface area contributed by atoms with Gasteiger partial charge in [0, 0.05) is 18.7 Å². The maximum atomic E-state index is 14.1. The van der Waals surface area contributed by atoms with Crippen molar-refractivity contribution in [3.63, 3.8) is 0 Å². The Hall–Kier alpha value is -1.85. The molecule has 0 aromatic heterocycles. The highest BCUT2D eigenvalue weighted by molar-refractivity contribution is 7.80. The summed E-state index contributed by atoms with van der Waals surface area (Å²) in [4.78, 5) is 2.93. The number of rotatable bonds is 5. The van der Waals surface area contributed by atoms with E-state index in [2.05, 4.69) is 11.8 Å². The molecule has 1 aliphatic rings. The van der Waals surface area contributed by atoms with E-state index in [0.717, 1.165) is 36.5 Å². The van der Waals surface area contributed by atoms with Crippen LogP contribution in [0.1, 0.15) is 30.9 Å². The van der Waals surface area contributed by atoms with Gasteiger partial charge in [0.1, 0.15) is 17.4 Å². The average Bonchev–Trinajstić information content (AvgIpc) is 2.67. The molecule has 3 rings (SSSR count). The second-order valence-electron chi connectivity index (χ2n) is 6.80. The second kappa shape index (κ2) is 8.89. The number of hydrogen-bond acceptors (Lipinski definition) is 3. The van der Waals surface area contributed by atoms with Gasteiger partial charge in [0.2, 0.25) is 0 Å². The predicted octanol–water partition coefficient (Wildman–Crippen LogP) is 5.47. The zero-order valence-electron chi connectivity index (χ0n) is 15.5. The lowest BCUT2D eigenvalue weighted by Gasteiger charge is -2.33. The van der Waals surface area contributed by atoms with E-state index >= 15 is 0 Å². The quantitative estimate of drug-likeness (QED) is 0.612. The molecule has 144 valence electrons. The van der Waals surface area contributed by atoms with Gasteiger partial charge < -0.3 is 14.4 Å². The number of halogens is 2. The highest BCUT2D eigenvalue weighted by Crippen LogP contribution is 2.34. The highest BCUT2D eigenvalue weighted by atomic mass is 35.5. The summed E-state index contributed by atoms with van der Waals surface area (Å²) >= 11 is 11.9. The van der Waals surface area contributed by atoms with Crippen molar-refractivity contribution in [3.8, 4) is 11.5 Å². The Balaban J connectivity index is 1.86. The third-order valence-corrected chi connectivity index (χ3v) is 5.75. The van der Waals surface area contributed by atoms with Crippen LogP contribution in [0.3, 0.4) is 0 Å². The first-order chi connectivity index (χ1) is 13.0. The van der Waals surface area contributed by atoms with Gasteiger partial charge in [-0.15, -0.1) is 0 Å². The maximum Gasteiger partial charge on any atom is 0.171 e. The van der Waals surface area contributed by atoms with Crippen LogP contribution < -0.4 is 9.47 Å². The van der Waals surface area contributed by atoms with E-state index in [1.54, 1.807) is 19.2 Å². The second-order valence-corrected chi connectivity index (χ2v) is 7.59. The Morgan fingerprint density at radius 3 is 2.59 bits per heavy atom. The van der Waals surface area contributed by atoms with Crippen molar-refractivity contribution in [2.24, 2.45) is 5.92 Å². The smallest absolute Gasteiger partial charge is 0.171 e. The lowest BCUT2D eigenvalue weighted by molar-refractivity contribution is 0.272. The van der Waals surface area contributed by atoms with Gasteiger partial charge in [0.25, 0.3) is 0 Å². The first kappa shape index (κ1) is 19.9. The summed E-state index contributed by atoms with van der Waals surface area (Å²) in [5.74, 6) is 1.40. The number of para-hydroxylation sites is 1. The van der Waals surface area contributed by atoms with Crippen LogP contribution in [0.4, 0.5) is 4.39 Å². The van der Waals surface area contributed by atoms with Gasteiger partial charge in [-0.2, -0.15) is 0 Å². The van der Waals surface area contributed by atoms with E-state index in [0.29, 0.717) is 28.0 Å². The fourth-order valence-electron chi connectivity index (χ4n) is 3.19.